The molecule has 4 aromatic rings. The first-order chi connectivity index (χ1) is 18.2. The van der Waals surface area contributed by atoms with E-state index >= 15 is 0 Å². The maximum Gasteiger partial charge on any atom is 0.244 e. The highest BCUT2D eigenvalue weighted by Crippen LogP contribution is 2.33. The number of anilines is 3. The van der Waals surface area contributed by atoms with Crippen LogP contribution in [0.3, 0.4) is 0 Å². The van der Waals surface area contributed by atoms with Crippen molar-refractivity contribution in [2.24, 2.45) is 0 Å². The lowest BCUT2D eigenvalue weighted by atomic mass is 10.1. The minimum atomic E-state index is -3.68. The van der Waals surface area contributed by atoms with Crippen LogP contribution in [0.15, 0.2) is 70.1 Å². The molecule has 0 unspecified atom stereocenters. The highest BCUT2D eigenvalue weighted by atomic mass is 35.5. The summed E-state index contributed by atoms with van der Waals surface area (Å²) >= 11 is 5.98. The van der Waals surface area contributed by atoms with Gasteiger partial charge in [0.2, 0.25) is 10.0 Å². The number of nitrogens with zero attached hydrogens (tertiary/aromatic N) is 3. The summed E-state index contributed by atoms with van der Waals surface area (Å²) in [6.07, 6.45) is 3.03. The van der Waals surface area contributed by atoms with Crippen LogP contribution in [0, 0.1) is 0 Å². The zero-order chi connectivity index (χ0) is 26.9. The van der Waals surface area contributed by atoms with Crippen molar-refractivity contribution in [1.82, 2.24) is 9.29 Å². The molecule has 9 nitrogen and oxygen atoms in total. The van der Waals surface area contributed by atoms with E-state index in [0.29, 0.717) is 41.0 Å². The van der Waals surface area contributed by atoms with Crippen LogP contribution in [0.4, 0.5) is 17.2 Å². The Kier molecular flexibility index (Phi) is 7.49. The Hall–Kier alpha value is -3.31. The topological polar surface area (TPSA) is 108 Å². The van der Waals surface area contributed by atoms with Crippen molar-refractivity contribution >= 4 is 49.8 Å². The van der Waals surface area contributed by atoms with Crippen LogP contribution in [-0.2, 0) is 16.6 Å². The quantitative estimate of drug-likeness (QED) is 0.312. The number of halogens is 1. The number of hydrogen-bond donors (Lipinski definition) is 2. The SMILES string of the molecule is CN(C)S(=O)(=O)c1cnc(N2CCC(Oc3ccc(Cl)cc3)CC2)c(Nc2ccc3oc(CO)cc3c2)c1. The molecule has 0 atom stereocenters. The van der Waals surface area contributed by atoms with Crippen molar-refractivity contribution in [2.75, 3.05) is 37.4 Å². The molecule has 2 aromatic carbocycles. The number of pyridine rings is 1. The molecule has 0 spiro atoms. The second-order valence-electron chi connectivity index (χ2n) is 9.34. The first-order valence-electron chi connectivity index (χ1n) is 12.2. The summed E-state index contributed by atoms with van der Waals surface area (Å²) in [4.78, 5) is 6.83. The number of furan rings is 1. The number of aliphatic hydroxyl groups excluding tert-OH is 1. The predicted octanol–water partition coefficient (Wildman–Crippen LogP) is 5.02. The van der Waals surface area contributed by atoms with Crippen molar-refractivity contribution in [3.05, 3.63) is 71.6 Å². The molecule has 200 valence electrons. The van der Waals surface area contributed by atoms with E-state index in [1.54, 1.807) is 12.1 Å². The smallest absolute Gasteiger partial charge is 0.244 e. The predicted molar refractivity (Wildman–Crippen MR) is 148 cm³/mol. The molecule has 0 bridgehead atoms. The zero-order valence-corrected chi connectivity index (χ0v) is 22.7. The Bertz CT molecular complexity index is 1530. The highest BCUT2D eigenvalue weighted by molar-refractivity contribution is 7.89. The maximum atomic E-state index is 12.9. The van der Waals surface area contributed by atoms with Crippen LogP contribution in [-0.4, -0.2) is 56.1 Å². The summed E-state index contributed by atoms with van der Waals surface area (Å²) < 4.78 is 38.6. The largest absolute Gasteiger partial charge is 0.490 e. The molecule has 1 aliphatic heterocycles. The number of nitrogens with one attached hydrogen (secondary N) is 1. The van der Waals surface area contributed by atoms with Crippen LogP contribution in [0.25, 0.3) is 11.0 Å². The van der Waals surface area contributed by atoms with Gasteiger partial charge in [-0.3, -0.25) is 0 Å². The van der Waals surface area contributed by atoms with Gasteiger partial charge in [0.05, 0.1) is 5.69 Å². The van der Waals surface area contributed by atoms with Crippen molar-refractivity contribution in [1.29, 1.82) is 0 Å². The van der Waals surface area contributed by atoms with Crippen molar-refractivity contribution in [3.63, 3.8) is 0 Å². The minimum absolute atomic E-state index is 0.0569. The summed E-state index contributed by atoms with van der Waals surface area (Å²) in [6, 6.07) is 16.3. The van der Waals surface area contributed by atoms with E-state index in [2.05, 4.69) is 15.2 Å². The van der Waals surface area contributed by atoms with Crippen LogP contribution < -0.4 is 15.0 Å². The number of hydrogen-bond acceptors (Lipinski definition) is 8. The van der Waals surface area contributed by atoms with Gasteiger partial charge >= 0.3 is 0 Å². The van der Waals surface area contributed by atoms with Gasteiger partial charge in [-0.1, -0.05) is 11.6 Å². The molecule has 0 aliphatic carbocycles. The molecule has 2 aromatic heterocycles. The van der Waals surface area contributed by atoms with Gasteiger partial charge in [0, 0.05) is 62.3 Å². The molecule has 0 saturated carbocycles. The van der Waals surface area contributed by atoms with Crippen LogP contribution in [0.1, 0.15) is 18.6 Å². The Labute approximate surface area is 226 Å². The fraction of sp³-hybridized carbons (Fsp3) is 0.296. The van der Waals surface area contributed by atoms with E-state index in [0.717, 1.165) is 29.7 Å². The van der Waals surface area contributed by atoms with E-state index in [9.17, 15) is 13.5 Å². The average molecular weight is 557 g/mol. The molecule has 11 heteroatoms. The van der Waals surface area contributed by atoms with Gasteiger partial charge in [0.15, 0.2) is 5.82 Å². The summed E-state index contributed by atoms with van der Waals surface area (Å²) in [6.45, 7) is 1.20. The van der Waals surface area contributed by atoms with E-state index in [-0.39, 0.29) is 17.6 Å². The second-order valence-corrected chi connectivity index (χ2v) is 11.9. The van der Waals surface area contributed by atoms with Gasteiger partial charge in [-0.15, -0.1) is 0 Å². The fourth-order valence-corrected chi connectivity index (χ4v) is 5.44. The number of ether oxygens (including phenoxy) is 1. The first kappa shape index (κ1) is 26.3. The fourth-order valence-electron chi connectivity index (χ4n) is 4.43. The third kappa shape index (κ3) is 5.58. The lowest BCUT2D eigenvalue weighted by Gasteiger charge is -2.34. The number of aliphatic hydroxyl groups is 1. The van der Waals surface area contributed by atoms with E-state index < -0.39 is 10.0 Å². The molecule has 2 N–H and O–H groups in total. The maximum absolute atomic E-state index is 12.9. The standard InChI is InChI=1S/C27H29ClN4O5S/c1-31(2)38(34,35)24-15-25(30-20-5-8-26-18(13-20)14-23(17-33)37-26)27(29-16-24)32-11-9-22(10-12-32)36-21-6-3-19(28)4-7-21/h3-8,13-16,22,30,33H,9-12,17H2,1-2H3. The normalized spacial score (nSPS) is 14.8. The molecule has 3 heterocycles. The number of sulfonamides is 1. The number of piperidine rings is 1. The van der Waals surface area contributed by atoms with Crippen molar-refractivity contribution in [2.45, 2.75) is 30.4 Å². The zero-order valence-electron chi connectivity index (χ0n) is 21.1. The summed E-state index contributed by atoms with van der Waals surface area (Å²) in [5, 5.41) is 14.2. The van der Waals surface area contributed by atoms with Crippen molar-refractivity contribution in [3.8, 4) is 5.75 Å². The molecular formula is C27H29ClN4O5S. The molecule has 5 rings (SSSR count). The summed E-state index contributed by atoms with van der Waals surface area (Å²) in [5.41, 5.74) is 1.98. The Morgan fingerprint density at radius 3 is 2.55 bits per heavy atom. The number of aromatic nitrogens is 1. The van der Waals surface area contributed by atoms with Crippen LogP contribution in [0.5, 0.6) is 5.75 Å². The van der Waals surface area contributed by atoms with E-state index in [1.165, 1.54) is 24.6 Å². The van der Waals surface area contributed by atoms with Crippen LogP contribution in [0.2, 0.25) is 5.02 Å². The number of rotatable bonds is 8. The van der Waals surface area contributed by atoms with Crippen LogP contribution >= 0.6 is 11.6 Å². The third-order valence-corrected chi connectivity index (χ3v) is 8.51. The van der Waals surface area contributed by atoms with E-state index in [4.69, 9.17) is 20.8 Å². The molecule has 1 fully saturated rings. The van der Waals surface area contributed by atoms with Gasteiger partial charge in [0.25, 0.3) is 0 Å². The van der Waals surface area contributed by atoms with Gasteiger partial charge < -0.3 is 24.5 Å². The summed E-state index contributed by atoms with van der Waals surface area (Å²) in [5.74, 6) is 1.92. The Morgan fingerprint density at radius 2 is 1.87 bits per heavy atom. The van der Waals surface area contributed by atoms with Gasteiger partial charge in [-0.05, 0) is 54.6 Å². The molecule has 0 amide bonds. The Balaban J connectivity index is 1.40. The van der Waals surface area contributed by atoms with Gasteiger partial charge in [-0.2, -0.15) is 0 Å². The first-order valence-corrected chi connectivity index (χ1v) is 14.0. The Morgan fingerprint density at radius 1 is 1.13 bits per heavy atom. The lowest BCUT2D eigenvalue weighted by Crippen LogP contribution is -2.39. The third-order valence-electron chi connectivity index (χ3n) is 6.48. The van der Waals surface area contributed by atoms with E-state index in [1.807, 2.05) is 42.5 Å². The minimum Gasteiger partial charge on any atom is -0.490 e. The molecule has 1 aliphatic rings. The number of benzene rings is 2. The number of fused-ring (bicyclic) bond motifs is 1. The van der Waals surface area contributed by atoms with Gasteiger partial charge in [0.1, 0.15) is 34.7 Å². The second kappa shape index (κ2) is 10.8. The van der Waals surface area contributed by atoms with Gasteiger partial charge in [-0.25, -0.2) is 17.7 Å². The summed E-state index contributed by atoms with van der Waals surface area (Å²) in [7, 11) is -0.693. The highest BCUT2D eigenvalue weighted by Gasteiger charge is 2.26. The molecule has 38 heavy (non-hydrogen) atoms. The average Bonchev–Trinajstić information content (AvgIpc) is 3.33. The lowest BCUT2D eigenvalue weighted by molar-refractivity contribution is 0.171. The molecule has 0 radical (unpaired) electrons. The monoisotopic (exact) mass is 556 g/mol. The van der Waals surface area contributed by atoms with Crippen molar-refractivity contribution < 1.29 is 22.7 Å². The molecule has 1 saturated heterocycles. The molecular weight excluding hydrogens is 528 g/mol.